The van der Waals surface area contributed by atoms with Crippen LogP contribution in [0.1, 0.15) is 86.7 Å². The Bertz CT molecular complexity index is 4940. The summed E-state index contributed by atoms with van der Waals surface area (Å²) in [6.45, 7) is 39.0. The number of phenolic OH excluding ortho intramolecular Hbond substituents is 1. The van der Waals surface area contributed by atoms with Gasteiger partial charge in [0.15, 0.2) is 11.6 Å². The van der Waals surface area contributed by atoms with Crippen molar-refractivity contribution in [2.45, 2.75) is 86.0 Å². The van der Waals surface area contributed by atoms with E-state index in [1.54, 1.807) is 61.2 Å². The van der Waals surface area contributed by atoms with Crippen molar-refractivity contribution in [2.75, 3.05) is 178 Å². The number of fused-ring (bicyclic) bond motifs is 3. The molecule has 4 aliphatic rings. The van der Waals surface area contributed by atoms with Gasteiger partial charge in [-0.1, -0.05) is 109 Å². The maximum absolute atomic E-state index is 12.4. The van der Waals surface area contributed by atoms with Gasteiger partial charge in [0.2, 0.25) is 0 Å². The molecular formula is C89H116ClN17O12. The van der Waals surface area contributed by atoms with E-state index in [2.05, 4.69) is 81.6 Å². The van der Waals surface area contributed by atoms with Gasteiger partial charge in [-0.2, -0.15) is 0 Å². The third kappa shape index (κ3) is 28.3. The smallest absolute Gasteiger partial charge is 0.418 e. The van der Waals surface area contributed by atoms with Gasteiger partial charge in [0.25, 0.3) is 0 Å². The number of nitrogens with zero attached hydrogens (tertiary/aromatic N) is 12. The second-order valence-electron chi connectivity index (χ2n) is 30.2. The minimum Gasteiger partial charge on any atom is -0.506 e. The number of anilines is 5. The lowest BCUT2D eigenvalue weighted by molar-refractivity contribution is 0.0322. The number of rotatable bonds is 20. The lowest BCUT2D eigenvalue weighted by atomic mass is 9.93. The van der Waals surface area contributed by atoms with Gasteiger partial charge in [-0.05, 0) is 154 Å². The zero-order valence-corrected chi connectivity index (χ0v) is 70.7. The number of morpholine rings is 3. The molecule has 0 unspecified atom stereocenters. The number of carbonyl (C=O) groups excluding carboxylic acids is 2. The molecule has 636 valence electrons. The predicted molar refractivity (Wildman–Crippen MR) is 470 cm³/mol. The Balaban J connectivity index is 0.000000159. The molecule has 30 heteroatoms. The summed E-state index contributed by atoms with van der Waals surface area (Å²) in [5.41, 5.74) is 21.2. The number of nitrogen functional groups attached to an aromatic ring is 2. The highest BCUT2D eigenvalue weighted by Crippen LogP contribution is 2.32. The van der Waals surface area contributed by atoms with Crippen molar-refractivity contribution in [3.05, 3.63) is 200 Å². The van der Waals surface area contributed by atoms with E-state index < -0.39 is 12.1 Å². The normalized spacial score (nSPS) is 14.4. The Hall–Kier alpha value is -11.1. The molecule has 7 aromatic carbocycles. The van der Waals surface area contributed by atoms with Crippen LogP contribution in [-0.2, 0) is 29.8 Å². The van der Waals surface area contributed by atoms with Crippen LogP contribution in [0.25, 0.3) is 50.2 Å². The van der Waals surface area contributed by atoms with Gasteiger partial charge in [-0.15, -0.1) is 11.6 Å². The van der Waals surface area contributed by atoms with Crippen LogP contribution in [0.2, 0.25) is 0 Å². The number of hydrogen-bond donors (Lipinski definition) is 6. The molecule has 4 fully saturated rings. The van der Waals surface area contributed by atoms with E-state index in [0.717, 1.165) is 179 Å². The van der Waals surface area contributed by atoms with E-state index in [-0.39, 0.29) is 16.6 Å². The molecule has 0 radical (unpaired) electrons. The molecule has 4 aliphatic heterocycles. The lowest BCUT2D eigenvalue weighted by Crippen LogP contribution is -2.38. The molecule has 0 bridgehead atoms. The van der Waals surface area contributed by atoms with Crippen molar-refractivity contribution in [2.24, 2.45) is 0 Å². The highest BCUT2D eigenvalue weighted by atomic mass is 35.5. The summed E-state index contributed by atoms with van der Waals surface area (Å²) >= 11 is 5.55. The van der Waals surface area contributed by atoms with Crippen LogP contribution in [0.5, 0.6) is 23.0 Å². The summed E-state index contributed by atoms with van der Waals surface area (Å²) in [6, 6.07) is 51.7. The zero-order chi connectivity index (χ0) is 84.4. The van der Waals surface area contributed by atoms with Gasteiger partial charge >= 0.3 is 12.1 Å². The van der Waals surface area contributed by atoms with E-state index in [9.17, 15) is 14.7 Å². The maximum Gasteiger partial charge on any atom is 0.418 e. The van der Waals surface area contributed by atoms with E-state index in [4.69, 9.17) is 65.3 Å². The minimum atomic E-state index is -0.597. The van der Waals surface area contributed by atoms with Crippen molar-refractivity contribution in [3.8, 4) is 40.1 Å². The number of alkyl halides is 1. The number of benzene rings is 7. The van der Waals surface area contributed by atoms with Gasteiger partial charge in [-0.25, -0.2) is 24.5 Å². The number of halogens is 1. The fourth-order valence-electron chi connectivity index (χ4n) is 12.6. The second kappa shape index (κ2) is 46.3. The number of amides is 3. The molecule has 12 aromatic rings. The lowest BCUT2D eigenvalue weighted by Gasteiger charge is -2.26. The van der Waals surface area contributed by atoms with Crippen molar-refractivity contribution in [3.63, 3.8) is 0 Å². The molecule has 0 saturated carbocycles. The van der Waals surface area contributed by atoms with E-state index in [1.165, 1.54) is 32.5 Å². The van der Waals surface area contributed by atoms with Gasteiger partial charge in [0.1, 0.15) is 83.3 Å². The van der Waals surface area contributed by atoms with E-state index >= 15 is 0 Å². The highest BCUT2D eigenvalue weighted by Gasteiger charge is 2.24. The number of aromatic hydroxyl groups is 1. The first kappa shape index (κ1) is 90.2. The SMILES string of the molecule is C1CCOC1.CC(C)(C)c1cc(NC(=O)Nc2ccc(-n3cnc4cccc(OCCN5CCOCC5)c43)cc2)no1.CC(C)(C)c1cc(NC(=O)Oc2ccccc2)no1.CCN(CC)CC.ClCCN1CCOCC1.Nc1ccc(-n2cnc3cccc(O)c32)cc1.Nc1ccc(-n2cnc3cccc(OCCN4CCOCC4)c32)cc1. The number of para-hydroxylation sites is 4. The minimum absolute atomic E-state index is 0.156. The number of aromatic nitrogens is 8. The van der Waals surface area contributed by atoms with E-state index in [1.807, 2.05) is 183 Å². The fraction of sp³-hybridized carbons (Fsp3) is 0.404. The van der Waals surface area contributed by atoms with Gasteiger partial charge in [0.05, 0.1) is 56.2 Å². The average Bonchev–Trinajstić information content (AvgIpc) is 1.65. The van der Waals surface area contributed by atoms with Crippen LogP contribution in [0, 0.1) is 0 Å². The second-order valence-corrected chi connectivity index (χ2v) is 30.6. The predicted octanol–water partition coefficient (Wildman–Crippen LogP) is 15.6. The van der Waals surface area contributed by atoms with Crippen molar-refractivity contribution in [1.29, 1.82) is 0 Å². The summed E-state index contributed by atoms with van der Waals surface area (Å²) in [5.74, 6) is 5.16. The number of hydrogen-bond acceptors (Lipinski definition) is 23. The summed E-state index contributed by atoms with van der Waals surface area (Å²) in [4.78, 5) is 46.8. The van der Waals surface area contributed by atoms with Crippen LogP contribution in [0.3, 0.4) is 0 Å². The number of imidazole rings is 3. The molecule has 9 heterocycles. The quantitative estimate of drug-likeness (QED) is 0.0305. The fourth-order valence-corrected chi connectivity index (χ4v) is 12.9. The summed E-state index contributed by atoms with van der Waals surface area (Å²) in [6.07, 6.45) is 7.26. The molecule has 4 saturated heterocycles. The topological polar surface area (TPSA) is 326 Å². The molecule has 0 atom stereocenters. The van der Waals surface area contributed by atoms with E-state index in [0.29, 0.717) is 59.0 Å². The van der Waals surface area contributed by atoms with Crippen LogP contribution in [0.4, 0.5) is 38.3 Å². The van der Waals surface area contributed by atoms with Gasteiger partial charge < -0.3 is 69.0 Å². The maximum atomic E-state index is 12.4. The number of urea groups is 1. The molecule has 0 aliphatic carbocycles. The third-order valence-corrected chi connectivity index (χ3v) is 19.7. The number of phenols is 1. The first-order valence-electron chi connectivity index (χ1n) is 40.6. The van der Waals surface area contributed by atoms with Crippen molar-refractivity contribution >= 4 is 85.5 Å². The summed E-state index contributed by atoms with van der Waals surface area (Å²) in [7, 11) is 0. The Morgan fingerprint density at radius 1 is 0.479 bits per heavy atom. The summed E-state index contributed by atoms with van der Waals surface area (Å²) < 4.78 is 54.6. The van der Waals surface area contributed by atoms with Crippen molar-refractivity contribution in [1.82, 2.24) is 58.6 Å². The van der Waals surface area contributed by atoms with Crippen LogP contribution >= 0.6 is 11.6 Å². The van der Waals surface area contributed by atoms with Crippen molar-refractivity contribution < 1.29 is 56.9 Å². The number of carbonyl (C=O) groups is 2. The number of ether oxygens (including phenoxy) is 7. The Morgan fingerprint density at radius 3 is 1.27 bits per heavy atom. The molecule has 119 heavy (non-hydrogen) atoms. The Morgan fingerprint density at radius 2 is 0.874 bits per heavy atom. The number of nitrogens with one attached hydrogen (secondary N) is 3. The molecule has 0 spiro atoms. The first-order chi connectivity index (χ1) is 57.7. The van der Waals surface area contributed by atoms with Crippen LogP contribution in [-0.4, -0.2) is 226 Å². The zero-order valence-electron chi connectivity index (χ0n) is 69.9. The molecule has 16 rings (SSSR count). The third-order valence-electron chi connectivity index (χ3n) is 19.5. The molecule has 8 N–H and O–H groups in total. The first-order valence-corrected chi connectivity index (χ1v) is 41.2. The van der Waals surface area contributed by atoms with Gasteiger partial charge in [-0.3, -0.25) is 39.0 Å². The van der Waals surface area contributed by atoms with Crippen LogP contribution < -0.4 is 41.6 Å². The van der Waals surface area contributed by atoms with Gasteiger partial charge in [0, 0.05) is 135 Å². The largest absolute Gasteiger partial charge is 0.506 e. The Labute approximate surface area is 701 Å². The number of nitrogens with two attached hydrogens (primary N) is 2. The van der Waals surface area contributed by atoms with Crippen LogP contribution in [0.15, 0.2) is 198 Å². The molecule has 5 aromatic heterocycles. The molecular weight excluding hydrogens is 1530 g/mol. The summed E-state index contributed by atoms with van der Waals surface area (Å²) in [5, 5.41) is 25.6. The highest BCUT2D eigenvalue weighted by molar-refractivity contribution is 6.18. The monoisotopic (exact) mass is 1650 g/mol. The molecule has 3 amide bonds. The average molecular weight is 1650 g/mol. The Kier molecular flexibility index (Phi) is 35.1. The molecule has 29 nitrogen and oxygen atoms in total. The standard InChI is InChI=1S/C27H32N6O4.C19H22N4O2.C14H16N2O3.C13H11N3O.C6H12ClNO.C6H15N.C4H8O/c1-27(2,3)23-17-24(31-37-23)30-26(34)29-19-7-9-20(10-8-19)33-18-28-21-5-4-6-22(25(21)33)36-16-13-32-11-14-35-15-12-32;20-15-4-6-16(7-5-15)23-14-21-17-2-1-3-18(19(17)23)25-13-10-22-8-11-24-12-9-22;1-14(2,3)11-9-12(16-19-11)15-13(17)18-10-7-5-4-6-8-10;14-9-4-6-10(7-5-9)16-8-15-11-2-1-3-12(17)13(11)16;7-1-2-8-3-5-9-6-4-8;1-4-7(5-2)6-3;1-2-4-5-3-1/h4-10,17-18H,11-16H2,1-3H3,(H2,29,30,31,34);1-7,14H,8-13,20H2;4-9H,1-3H3,(H,15,16,17);1-8,17H,14H2;1-6H2;4-6H2,1-3H3;1-4H2.